The highest BCUT2D eigenvalue weighted by molar-refractivity contribution is 14.0. The highest BCUT2D eigenvalue weighted by Gasteiger charge is 2.21. The molecule has 3 rings (SSSR count). The van der Waals surface area contributed by atoms with Crippen molar-refractivity contribution < 1.29 is 9.32 Å². The second-order valence-electron chi connectivity index (χ2n) is 7.47. The molecule has 0 bridgehead atoms. The lowest BCUT2D eigenvalue weighted by molar-refractivity contribution is -0.128. The predicted molar refractivity (Wildman–Crippen MR) is 133 cm³/mol. The first-order valence-corrected chi connectivity index (χ1v) is 11.0. The number of hydrogen-bond donors (Lipinski definition) is 2. The molecule has 1 aliphatic heterocycles. The van der Waals surface area contributed by atoms with E-state index in [1.54, 1.807) is 0 Å². The number of aromatic nitrogens is 1. The lowest BCUT2D eigenvalue weighted by Gasteiger charge is -2.18. The minimum absolute atomic E-state index is 0. The smallest absolute Gasteiger partial charge is 0.222 e. The quantitative estimate of drug-likeness (QED) is 0.288. The fourth-order valence-electron chi connectivity index (χ4n) is 3.76. The van der Waals surface area contributed by atoms with Crippen molar-refractivity contribution in [3.05, 3.63) is 52.4 Å². The molecule has 0 spiro atoms. The number of nitrogens with zero attached hydrogens (tertiary/aromatic N) is 3. The minimum atomic E-state index is 0. The predicted octanol–water partition coefficient (Wildman–Crippen LogP) is 3.80. The molecule has 0 saturated carbocycles. The summed E-state index contributed by atoms with van der Waals surface area (Å²) in [4.78, 5) is 18.7. The number of carbonyl (C=O) groups excluding carboxylic acids is 1. The number of aliphatic imine (C=N–C) groups is 1. The molecule has 31 heavy (non-hydrogen) atoms. The Bertz CT molecular complexity index is 859. The molecule has 2 N–H and O–H groups in total. The van der Waals surface area contributed by atoms with Crippen LogP contribution in [-0.2, 0) is 37.3 Å². The Labute approximate surface area is 202 Å². The summed E-state index contributed by atoms with van der Waals surface area (Å²) in [5.74, 6) is 1.93. The standard InChI is InChI=1S/C23H33N5O2.HI/c1-4-20-19(21(5-2)30-27-20)15-26-23(24-6-3)25-14-17-10-7-8-11-18(17)16-28-13-9-12-22(28)29;/h7-8,10-11H,4-6,9,12-16H2,1-3H3,(H2,24,25,26);1H. The van der Waals surface area contributed by atoms with Crippen molar-refractivity contribution in [2.75, 3.05) is 13.1 Å². The summed E-state index contributed by atoms with van der Waals surface area (Å²) in [6, 6.07) is 8.23. The molecule has 8 heteroatoms. The van der Waals surface area contributed by atoms with Crippen LogP contribution in [0.25, 0.3) is 0 Å². The third-order valence-corrected chi connectivity index (χ3v) is 5.44. The van der Waals surface area contributed by atoms with E-state index in [0.29, 0.717) is 26.1 Å². The van der Waals surface area contributed by atoms with Crippen molar-refractivity contribution in [3.63, 3.8) is 0 Å². The molecule has 0 radical (unpaired) electrons. The van der Waals surface area contributed by atoms with Crippen LogP contribution >= 0.6 is 24.0 Å². The number of benzene rings is 1. The molecule has 1 aliphatic rings. The van der Waals surface area contributed by atoms with Gasteiger partial charge in [-0.05, 0) is 30.9 Å². The maximum absolute atomic E-state index is 12.0. The normalized spacial score (nSPS) is 14.0. The van der Waals surface area contributed by atoms with E-state index in [9.17, 15) is 4.79 Å². The van der Waals surface area contributed by atoms with Crippen molar-refractivity contribution in [1.82, 2.24) is 20.7 Å². The molecule has 0 aliphatic carbocycles. The Morgan fingerprint density at radius 1 is 1.16 bits per heavy atom. The van der Waals surface area contributed by atoms with Gasteiger partial charge in [-0.15, -0.1) is 24.0 Å². The van der Waals surface area contributed by atoms with E-state index >= 15 is 0 Å². The van der Waals surface area contributed by atoms with E-state index < -0.39 is 0 Å². The lowest BCUT2D eigenvalue weighted by atomic mass is 10.1. The van der Waals surface area contributed by atoms with Crippen LogP contribution in [0.1, 0.15) is 61.8 Å². The summed E-state index contributed by atoms with van der Waals surface area (Å²) >= 11 is 0. The lowest BCUT2D eigenvalue weighted by Crippen LogP contribution is -2.37. The number of rotatable bonds is 9. The zero-order valence-electron chi connectivity index (χ0n) is 18.7. The molecule has 1 saturated heterocycles. The van der Waals surface area contributed by atoms with Crippen LogP contribution in [0.3, 0.4) is 0 Å². The Hall–Kier alpha value is -2.10. The first-order chi connectivity index (χ1) is 14.7. The van der Waals surface area contributed by atoms with Gasteiger partial charge in [0.05, 0.1) is 12.2 Å². The van der Waals surface area contributed by atoms with Gasteiger partial charge >= 0.3 is 0 Å². The fraction of sp³-hybridized carbons (Fsp3) is 0.522. The minimum Gasteiger partial charge on any atom is -0.361 e. The maximum Gasteiger partial charge on any atom is 0.222 e. The van der Waals surface area contributed by atoms with Crippen molar-refractivity contribution in [1.29, 1.82) is 0 Å². The van der Waals surface area contributed by atoms with E-state index in [4.69, 9.17) is 9.52 Å². The van der Waals surface area contributed by atoms with Gasteiger partial charge < -0.3 is 20.1 Å². The number of aryl methyl sites for hydroxylation is 2. The van der Waals surface area contributed by atoms with Gasteiger partial charge in [0.1, 0.15) is 5.76 Å². The number of hydrogen-bond acceptors (Lipinski definition) is 4. The van der Waals surface area contributed by atoms with Crippen LogP contribution in [0.15, 0.2) is 33.8 Å². The molecule has 2 heterocycles. The van der Waals surface area contributed by atoms with Gasteiger partial charge in [-0.1, -0.05) is 43.3 Å². The number of carbonyl (C=O) groups is 1. The highest BCUT2D eigenvalue weighted by Crippen LogP contribution is 2.18. The molecule has 2 aromatic rings. The molecular formula is C23H34IN5O2. The van der Waals surface area contributed by atoms with Crippen LogP contribution in [0.4, 0.5) is 0 Å². The number of nitrogens with one attached hydrogen (secondary N) is 2. The first kappa shape index (κ1) is 25.2. The zero-order valence-corrected chi connectivity index (χ0v) is 21.1. The largest absolute Gasteiger partial charge is 0.361 e. The summed E-state index contributed by atoms with van der Waals surface area (Å²) in [5, 5.41) is 10.9. The Kier molecular flexibility index (Phi) is 10.3. The van der Waals surface area contributed by atoms with E-state index in [0.717, 1.165) is 66.5 Å². The number of guanidine groups is 1. The molecule has 7 nitrogen and oxygen atoms in total. The number of amides is 1. The van der Waals surface area contributed by atoms with Gasteiger partial charge in [-0.2, -0.15) is 0 Å². The first-order valence-electron chi connectivity index (χ1n) is 11.0. The van der Waals surface area contributed by atoms with Gasteiger partial charge in [0.25, 0.3) is 0 Å². The van der Waals surface area contributed by atoms with Gasteiger partial charge in [0, 0.05) is 44.6 Å². The van der Waals surface area contributed by atoms with Crippen LogP contribution in [-0.4, -0.2) is 35.0 Å². The SMILES string of the molecule is CCNC(=NCc1ccccc1CN1CCCC1=O)NCc1c(CC)noc1CC.I. The number of halogens is 1. The van der Waals surface area contributed by atoms with Crippen LogP contribution in [0, 0.1) is 0 Å². The summed E-state index contributed by atoms with van der Waals surface area (Å²) in [6.45, 7) is 9.68. The molecule has 0 unspecified atom stereocenters. The van der Waals surface area contributed by atoms with Crippen molar-refractivity contribution in [2.45, 2.75) is 66.1 Å². The van der Waals surface area contributed by atoms with Crippen molar-refractivity contribution in [2.24, 2.45) is 4.99 Å². The molecular weight excluding hydrogens is 505 g/mol. The van der Waals surface area contributed by atoms with E-state index in [-0.39, 0.29) is 29.9 Å². The molecule has 0 atom stereocenters. The van der Waals surface area contributed by atoms with E-state index in [1.807, 2.05) is 17.0 Å². The molecule has 1 amide bonds. The monoisotopic (exact) mass is 539 g/mol. The Balaban J connectivity index is 0.00000341. The van der Waals surface area contributed by atoms with Crippen LogP contribution in [0.2, 0.25) is 0 Å². The molecule has 1 aromatic carbocycles. The topological polar surface area (TPSA) is 82.8 Å². The fourth-order valence-corrected chi connectivity index (χ4v) is 3.76. The summed E-state index contributed by atoms with van der Waals surface area (Å²) in [6.07, 6.45) is 3.28. The average molecular weight is 539 g/mol. The summed E-state index contributed by atoms with van der Waals surface area (Å²) < 4.78 is 5.46. The van der Waals surface area contributed by atoms with Crippen molar-refractivity contribution in [3.8, 4) is 0 Å². The van der Waals surface area contributed by atoms with E-state index in [1.165, 1.54) is 0 Å². The number of likely N-dealkylation sites (tertiary alicyclic amines) is 1. The second-order valence-corrected chi connectivity index (χ2v) is 7.47. The second kappa shape index (κ2) is 12.7. The Morgan fingerprint density at radius 3 is 2.58 bits per heavy atom. The summed E-state index contributed by atoms with van der Waals surface area (Å²) in [7, 11) is 0. The molecule has 1 aromatic heterocycles. The van der Waals surface area contributed by atoms with Gasteiger partial charge in [-0.3, -0.25) is 4.79 Å². The average Bonchev–Trinajstić information content (AvgIpc) is 3.36. The Morgan fingerprint density at radius 2 is 1.94 bits per heavy atom. The highest BCUT2D eigenvalue weighted by atomic mass is 127. The van der Waals surface area contributed by atoms with Crippen molar-refractivity contribution >= 4 is 35.8 Å². The van der Waals surface area contributed by atoms with Gasteiger partial charge in [-0.25, -0.2) is 4.99 Å². The van der Waals surface area contributed by atoms with Gasteiger partial charge in [0.2, 0.25) is 5.91 Å². The van der Waals surface area contributed by atoms with Crippen LogP contribution in [0.5, 0.6) is 0 Å². The zero-order chi connectivity index (χ0) is 21.3. The molecule has 170 valence electrons. The van der Waals surface area contributed by atoms with Crippen LogP contribution < -0.4 is 10.6 Å². The maximum atomic E-state index is 12.0. The third-order valence-electron chi connectivity index (χ3n) is 5.44. The third kappa shape index (κ3) is 6.69. The summed E-state index contributed by atoms with van der Waals surface area (Å²) in [5.41, 5.74) is 4.42. The molecule has 1 fully saturated rings. The van der Waals surface area contributed by atoms with E-state index in [2.05, 4.69) is 48.7 Å². The van der Waals surface area contributed by atoms with Gasteiger partial charge in [0.15, 0.2) is 5.96 Å².